The number of rotatable bonds is 7. The molecule has 1 aliphatic rings. The van der Waals surface area contributed by atoms with E-state index >= 15 is 0 Å². The Balaban J connectivity index is 1.66. The van der Waals surface area contributed by atoms with Gasteiger partial charge in [0, 0.05) is 31.6 Å². The summed E-state index contributed by atoms with van der Waals surface area (Å²) >= 11 is 12.3. The van der Waals surface area contributed by atoms with Crippen molar-refractivity contribution in [1.29, 1.82) is 0 Å². The molecule has 1 fully saturated rings. The Morgan fingerprint density at radius 3 is 2.29 bits per heavy atom. The Kier molecular flexibility index (Phi) is 9.04. The Morgan fingerprint density at radius 2 is 1.68 bits per heavy atom. The average Bonchev–Trinajstić information content (AvgIpc) is 3.35. The van der Waals surface area contributed by atoms with Crippen molar-refractivity contribution in [3.8, 4) is 0 Å². The van der Waals surface area contributed by atoms with Gasteiger partial charge in [0.2, 0.25) is 0 Å². The standard InChI is InChI=1S/C28H25Cl2F5N2O3S/c1-3-41(39,40)18-6-9-24(31)19(12-18)27(38)37-14-20(17-5-8-22(29)23(30)11-17)26(15-37)36(2)13-16-4-7-21(25(32)10-16)28(33,34)35/h4-12,20,26H,3,13-15H2,1-2H3/t20-,26-/m1/s1. The normalized spacial score (nSPS) is 17.9. The van der Waals surface area contributed by atoms with Crippen LogP contribution in [0.15, 0.2) is 59.5 Å². The molecule has 1 heterocycles. The molecule has 0 N–H and O–H groups in total. The molecule has 0 unspecified atom stereocenters. The van der Waals surface area contributed by atoms with Crippen LogP contribution in [0.5, 0.6) is 0 Å². The highest BCUT2D eigenvalue weighted by atomic mass is 35.5. The van der Waals surface area contributed by atoms with E-state index in [1.807, 2.05) is 0 Å². The van der Waals surface area contributed by atoms with Crippen molar-refractivity contribution < 1.29 is 35.2 Å². The summed E-state index contributed by atoms with van der Waals surface area (Å²) in [5, 5.41) is 0.575. The number of amides is 1. The molecule has 4 rings (SSSR count). The van der Waals surface area contributed by atoms with Crippen LogP contribution in [-0.2, 0) is 22.6 Å². The van der Waals surface area contributed by atoms with E-state index in [2.05, 4.69) is 0 Å². The minimum absolute atomic E-state index is 0.0398. The summed E-state index contributed by atoms with van der Waals surface area (Å²) < 4.78 is 92.8. The largest absolute Gasteiger partial charge is 0.419 e. The Morgan fingerprint density at radius 1 is 0.976 bits per heavy atom. The third-order valence-electron chi connectivity index (χ3n) is 7.19. The van der Waals surface area contributed by atoms with Gasteiger partial charge in [0.25, 0.3) is 5.91 Å². The van der Waals surface area contributed by atoms with Gasteiger partial charge < -0.3 is 4.90 Å². The van der Waals surface area contributed by atoms with Crippen LogP contribution in [0.3, 0.4) is 0 Å². The molecule has 0 bridgehead atoms. The summed E-state index contributed by atoms with van der Waals surface area (Å²) in [5.74, 6) is -3.63. The number of carbonyl (C=O) groups excluding carboxylic acids is 1. The number of hydrogen-bond acceptors (Lipinski definition) is 4. The van der Waals surface area contributed by atoms with Crippen molar-refractivity contribution in [1.82, 2.24) is 9.80 Å². The molecular formula is C28H25Cl2F5N2O3S. The number of nitrogens with zero attached hydrogens (tertiary/aromatic N) is 2. The third kappa shape index (κ3) is 6.69. The van der Waals surface area contributed by atoms with Crippen molar-refractivity contribution in [2.75, 3.05) is 25.9 Å². The van der Waals surface area contributed by atoms with E-state index in [1.54, 1.807) is 30.1 Å². The van der Waals surface area contributed by atoms with E-state index in [1.165, 1.54) is 17.9 Å². The number of likely N-dealkylation sites (tertiary alicyclic amines) is 1. The van der Waals surface area contributed by atoms with Crippen LogP contribution in [0.25, 0.3) is 0 Å². The molecule has 0 aliphatic carbocycles. The van der Waals surface area contributed by atoms with Gasteiger partial charge in [-0.15, -0.1) is 0 Å². The number of sulfone groups is 1. The summed E-state index contributed by atoms with van der Waals surface area (Å²) in [6.07, 6.45) is -4.83. The fraction of sp³-hybridized carbons (Fsp3) is 0.321. The van der Waals surface area contributed by atoms with Crippen molar-refractivity contribution >= 4 is 38.9 Å². The molecule has 0 saturated carbocycles. The first-order valence-electron chi connectivity index (χ1n) is 12.4. The smallest absolute Gasteiger partial charge is 0.336 e. The van der Waals surface area contributed by atoms with E-state index in [0.29, 0.717) is 16.7 Å². The quantitative estimate of drug-likeness (QED) is 0.211. The van der Waals surface area contributed by atoms with Crippen LogP contribution in [0.2, 0.25) is 10.0 Å². The van der Waals surface area contributed by atoms with E-state index < -0.39 is 56.6 Å². The molecule has 1 aliphatic heterocycles. The molecule has 0 aromatic heterocycles. The van der Waals surface area contributed by atoms with Crippen LogP contribution >= 0.6 is 23.2 Å². The minimum atomic E-state index is -4.83. The molecule has 2 atom stereocenters. The third-order valence-corrected chi connectivity index (χ3v) is 9.66. The molecule has 13 heteroatoms. The maximum absolute atomic E-state index is 14.8. The molecule has 1 saturated heterocycles. The van der Waals surface area contributed by atoms with Gasteiger partial charge in [-0.1, -0.05) is 42.3 Å². The predicted octanol–water partition coefficient (Wildman–Crippen LogP) is 6.82. The maximum Gasteiger partial charge on any atom is 0.419 e. The van der Waals surface area contributed by atoms with E-state index in [9.17, 15) is 35.2 Å². The summed E-state index contributed by atoms with van der Waals surface area (Å²) in [6.45, 7) is 1.63. The highest BCUT2D eigenvalue weighted by molar-refractivity contribution is 7.91. The van der Waals surface area contributed by atoms with Gasteiger partial charge in [-0.2, -0.15) is 13.2 Å². The zero-order valence-corrected chi connectivity index (χ0v) is 24.2. The summed E-state index contributed by atoms with van der Waals surface area (Å²) in [4.78, 5) is 16.5. The monoisotopic (exact) mass is 634 g/mol. The van der Waals surface area contributed by atoms with Gasteiger partial charge in [0.15, 0.2) is 9.84 Å². The van der Waals surface area contributed by atoms with Crippen molar-refractivity contribution in [3.05, 3.63) is 98.5 Å². The lowest BCUT2D eigenvalue weighted by Crippen LogP contribution is -2.38. The molecule has 220 valence electrons. The first kappa shape index (κ1) is 31.2. The topological polar surface area (TPSA) is 57.7 Å². The van der Waals surface area contributed by atoms with Gasteiger partial charge in [-0.3, -0.25) is 9.69 Å². The molecule has 0 spiro atoms. The fourth-order valence-electron chi connectivity index (χ4n) is 4.96. The predicted molar refractivity (Wildman–Crippen MR) is 146 cm³/mol. The van der Waals surface area contributed by atoms with Crippen LogP contribution < -0.4 is 0 Å². The van der Waals surface area contributed by atoms with Crippen LogP contribution in [0.1, 0.15) is 39.9 Å². The highest BCUT2D eigenvalue weighted by Gasteiger charge is 2.40. The second-order valence-corrected chi connectivity index (χ2v) is 12.9. The lowest BCUT2D eigenvalue weighted by Gasteiger charge is -2.29. The number of alkyl halides is 3. The maximum atomic E-state index is 14.8. The SMILES string of the molecule is CCS(=O)(=O)c1ccc(F)c(C(=O)N2C[C@H](c3ccc(Cl)c(Cl)c3)[C@H](N(C)Cc3ccc(C(F)(F)F)c(F)c3)C2)c1. The van der Waals surface area contributed by atoms with Crippen molar-refractivity contribution in [2.45, 2.75) is 36.5 Å². The zero-order chi connectivity index (χ0) is 30.3. The number of hydrogen-bond donors (Lipinski definition) is 0. The van der Waals surface area contributed by atoms with Gasteiger partial charge in [-0.05, 0) is 60.6 Å². The molecule has 41 heavy (non-hydrogen) atoms. The zero-order valence-electron chi connectivity index (χ0n) is 21.9. The molecule has 3 aromatic rings. The number of likely N-dealkylation sites (N-methyl/N-ethyl adjacent to an activating group) is 1. The molecular weight excluding hydrogens is 610 g/mol. The van der Waals surface area contributed by atoms with Crippen LogP contribution in [0.4, 0.5) is 22.0 Å². The lowest BCUT2D eigenvalue weighted by atomic mass is 9.93. The van der Waals surface area contributed by atoms with Crippen LogP contribution in [-0.4, -0.2) is 56.1 Å². The van der Waals surface area contributed by atoms with Gasteiger partial charge in [-0.25, -0.2) is 17.2 Å². The van der Waals surface area contributed by atoms with E-state index in [-0.39, 0.29) is 40.9 Å². The summed E-state index contributed by atoms with van der Waals surface area (Å²) in [5.41, 5.74) is -0.794. The second kappa shape index (κ2) is 11.9. The average molecular weight is 635 g/mol. The van der Waals surface area contributed by atoms with Crippen molar-refractivity contribution in [3.63, 3.8) is 0 Å². The van der Waals surface area contributed by atoms with Crippen LogP contribution in [0, 0.1) is 11.6 Å². The first-order valence-corrected chi connectivity index (χ1v) is 14.9. The fourth-order valence-corrected chi connectivity index (χ4v) is 6.17. The second-order valence-electron chi connectivity index (χ2n) is 9.83. The Hall–Kier alpha value is -2.73. The molecule has 1 amide bonds. The summed E-state index contributed by atoms with van der Waals surface area (Å²) in [6, 6.07) is 10.2. The number of halogens is 7. The Labute approximate surface area is 244 Å². The molecule has 0 radical (unpaired) electrons. The minimum Gasteiger partial charge on any atom is -0.336 e. The highest BCUT2D eigenvalue weighted by Crippen LogP contribution is 2.36. The lowest BCUT2D eigenvalue weighted by molar-refractivity contribution is -0.140. The number of benzene rings is 3. The van der Waals surface area contributed by atoms with Gasteiger partial charge >= 0.3 is 6.18 Å². The van der Waals surface area contributed by atoms with Crippen molar-refractivity contribution in [2.24, 2.45) is 0 Å². The first-order chi connectivity index (χ1) is 19.1. The molecule has 5 nitrogen and oxygen atoms in total. The van der Waals surface area contributed by atoms with Gasteiger partial charge in [0.1, 0.15) is 11.6 Å². The number of carbonyl (C=O) groups is 1. The van der Waals surface area contributed by atoms with Gasteiger partial charge in [0.05, 0.1) is 31.8 Å². The van der Waals surface area contributed by atoms with E-state index in [4.69, 9.17) is 23.2 Å². The van der Waals surface area contributed by atoms with E-state index in [0.717, 1.165) is 24.3 Å². The summed E-state index contributed by atoms with van der Waals surface area (Å²) in [7, 11) is -2.03. The Bertz CT molecular complexity index is 1580. The molecule has 3 aromatic carbocycles.